The number of carbonyl (C=O) groups is 1. The van der Waals surface area contributed by atoms with Gasteiger partial charge in [-0.3, -0.25) is 9.48 Å². The number of amides is 1. The summed E-state index contributed by atoms with van der Waals surface area (Å²) in [5.74, 6) is 0.116. The quantitative estimate of drug-likeness (QED) is 0.892. The summed E-state index contributed by atoms with van der Waals surface area (Å²) in [6, 6.07) is 0.441. The van der Waals surface area contributed by atoms with Crippen LogP contribution >= 0.6 is 0 Å². The van der Waals surface area contributed by atoms with Crippen LogP contribution in [0, 0.1) is 6.92 Å². The van der Waals surface area contributed by atoms with Crippen molar-refractivity contribution < 1.29 is 4.79 Å². The van der Waals surface area contributed by atoms with Crippen LogP contribution < -0.4 is 5.32 Å². The number of aromatic nitrogens is 2. The van der Waals surface area contributed by atoms with Gasteiger partial charge in [-0.1, -0.05) is 13.3 Å². The summed E-state index contributed by atoms with van der Waals surface area (Å²) in [4.78, 5) is 14.7. The Labute approximate surface area is 121 Å². The van der Waals surface area contributed by atoms with Crippen LogP contribution in [-0.2, 0) is 7.05 Å². The number of rotatable bonds is 5. The molecule has 1 unspecified atom stereocenters. The van der Waals surface area contributed by atoms with Crippen LogP contribution in [-0.4, -0.2) is 46.3 Å². The maximum atomic E-state index is 12.7. The van der Waals surface area contributed by atoms with Gasteiger partial charge in [-0.15, -0.1) is 0 Å². The molecular weight excluding hydrogens is 252 g/mol. The molecule has 5 nitrogen and oxygen atoms in total. The number of hydrogen-bond acceptors (Lipinski definition) is 3. The lowest BCUT2D eigenvalue weighted by molar-refractivity contribution is 0.0731. The number of carbonyl (C=O) groups excluding carboxylic acids is 1. The fourth-order valence-corrected chi connectivity index (χ4v) is 2.77. The monoisotopic (exact) mass is 278 g/mol. The van der Waals surface area contributed by atoms with Crippen molar-refractivity contribution in [2.75, 3.05) is 19.6 Å². The van der Waals surface area contributed by atoms with E-state index in [-0.39, 0.29) is 5.91 Å². The molecule has 0 aromatic carbocycles. The van der Waals surface area contributed by atoms with Crippen LogP contribution in [0.1, 0.15) is 48.7 Å². The molecule has 5 heteroatoms. The molecule has 1 saturated heterocycles. The summed E-state index contributed by atoms with van der Waals surface area (Å²) >= 11 is 0. The van der Waals surface area contributed by atoms with Gasteiger partial charge in [0.05, 0.1) is 11.8 Å². The predicted octanol–water partition coefficient (Wildman–Crippen LogP) is 1.72. The Bertz CT molecular complexity index is 449. The van der Waals surface area contributed by atoms with Crippen molar-refractivity contribution in [3.05, 3.63) is 17.5 Å². The zero-order valence-corrected chi connectivity index (χ0v) is 12.9. The van der Waals surface area contributed by atoms with E-state index in [1.807, 2.05) is 18.9 Å². The van der Waals surface area contributed by atoms with Crippen molar-refractivity contribution in [2.24, 2.45) is 7.05 Å². The molecule has 0 saturated carbocycles. The molecular formula is C15H26N4O. The van der Waals surface area contributed by atoms with E-state index in [0.717, 1.165) is 37.3 Å². The van der Waals surface area contributed by atoms with E-state index in [4.69, 9.17) is 0 Å². The van der Waals surface area contributed by atoms with Crippen LogP contribution in [0.5, 0.6) is 0 Å². The lowest BCUT2D eigenvalue weighted by Gasteiger charge is -2.30. The Kier molecular flexibility index (Phi) is 5.17. The van der Waals surface area contributed by atoms with Gasteiger partial charge in [-0.05, 0) is 32.7 Å². The largest absolute Gasteiger partial charge is 0.337 e. The van der Waals surface area contributed by atoms with Gasteiger partial charge < -0.3 is 10.2 Å². The van der Waals surface area contributed by atoms with Crippen LogP contribution in [0.25, 0.3) is 0 Å². The third kappa shape index (κ3) is 3.39. The molecule has 1 N–H and O–H groups in total. The summed E-state index contributed by atoms with van der Waals surface area (Å²) < 4.78 is 1.76. The fourth-order valence-electron chi connectivity index (χ4n) is 2.77. The maximum absolute atomic E-state index is 12.7. The molecule has 20 heavy (non-hydrogen) atoms. The molecule has 2 heterocycles. The van der Waals surface area contributed by atoms with E-state index in [1.165, 1.54) is 19.3 Å². The van der Waals surface area contributed by atoms with Crippen LogP contribution in [0.15, 0.2) is 6.20 Å². The average Bonchev–Trinajstić information content (AvgIpc) is 2.79. The third-order valence-electron chi connectivity index (χ3n) is 4.10. The fraction of sp³-hybridized carbons (Fsp3) is 0.733. The first-order valence-electron chi connectivity index (χ1n) is 7.64. The van der Waals surface area contributed by atoms with Gasteiger partial charge in [-0.2, -0.15) is 5.10 Å². The molecule has 1 aromatic rings. The van der Waals surface area contributed by atoms with Crippen molar-refractivity contribution >= 4 is 5.91 Å². The lowest BCUT2D eigenvalue weighted by atomic mass is 10.0. The van der Waals surface area contributed by atoms with Gasteiger partial charge in [0.1, 0.15) is 0 Å². The van der Waals surface area contributed by atoms with E-state index in [2.05, 4.69) is 17.3 Å². The Balaban J connectivity index is 2.06. The van der Waals surface area contributed by atoms with Crippen molar-refractivity contribution in [1.82, 2.24) is 20.0 Å². The number of hydrogen-bond donors (Lipinski definition) is 1. The second kappa shape index (κ2) is 6.88. The average molecular weight is 278 g/mol. The minimum Gasteiger partial charge on any atom is -0.337 e. The topological polar surface area (TPSA) is 50.2 Å². The standard InChI is InChI=1S/C15H26N4O/c1-4-9-19(11-13-7-5-6-8-16-13)15(20)14-10-17-18(3)12(14)2/h10,13,16H,4-9,11H2,1-3H3. The molecule has 1 atom stereocenters. The molecule has 1 aromatic heterocycles. The van der Waals surface area contributed by atoms with Gasteiger partial charge in [0.15, 0.2) is 0 Å². The van der Waals surface area contributed by atoms with Crippen LogP contribution in [0.3, 0.4) is 0 Å². The number of aryl methyl sites for hydroxylation is 1. The molecule has 0 bridgehead atoms. The van der Waals surface area contributed by atoms with Crippen LogP contribution in [0.2, 0.25) is 0 Å². The first kappa shape index (κ1) is 15.0. The second-order valence-corrected chi connectivity index (χ2v) is 5.67. The maximum Gasteiger partial charge on any atom is 0.257 e. The summed E-state index contributed by atoms with van der Waals surface area (Å²) in [6.07, 6.45) is 6.35. The van der Waals surface area contributed by atoms with Gasteiger partial charge >= 0.3 is 0 Å². The number of nitrogens with zero attached hydrogens (tertiary/aromatic N) is 3. The zero-order valence-electron chi connectivity index (χ0n) is 12.9. The van der Waals surface area contributed by atoms with E-state index in [9.17, 15) is 4.79 Å². The SMILES string of the molecule is CCCN(CC1CCCCN1)C(=O)c1cnn(C)c1C. The van der Waals surface area contributed by atoms with E-state index < -0.39 is 0 Å². The smallest absolute Gasteiger partial charge is 0.257 e. The lowest BCUT2D eigenvalue weighted by Crippen LogP contribution is -2.46. The Morgan fingerprint density at radius 2 is 2.35 bits per heavy atom. The normalized spacial score (nSPS) is 19.1. The van der Waals surface area contributed by atoms with E-state index in [1.54, 1.807) is 10.9 Å². The Morgan fingerprint density at radius 3 is 2.90 bits per heavy atom. The van der Waals surface area contributed by atoms with Gasteiger partial charge in [0, 0.05) is 31.9 Å². The summed E-state index contributed by atoms with van der Waals surface area (Å²) in [5.41, 5.74) is 1.67. The Morgan fingerprint density at radius 1 is 1.55 bits per heavy atom. The summed E-state index contributed by atoms with van der Waals surface area (Å²) in [5, 5.41) is 7.70. The molecule has 112 valence electrons. The molecule has 0 radical (unpaired) electrons. The predicted molar refractivity (Wildman–Crippen MR) is 79.8 cm³/mol. The molecule has 1 aliphatic heterocycles. The summed E-state index contributed by atoms with van der Waals surface area (Å²) in [6.45, 7) is 6.75. The number of nitrogens with one attached hydrogen (secondary N) is 1. The molecule has 1 amide bonds. The van der Waals surface area contributed by atoms with Crippen molar-refractivity contribution in [3.63, 3.8) is 0 Å². The highest BCUT2D eigenvalue weighted by Crippen LogP contribution is 2.13. The van der Waals surface area contributed by atoms with Crippen molar-refractivity contribution in [3.8, 4) is 0 Å². The minimum atomic E-state index is 0.116. The van der Waals surface area contributed by atoms with Crippen molar-refractivity contribution in [2.45, 2.75) is 45.6 Å². The Hall–Kier alpha value is -1.36. The first-order chi connectivity index (χ1) is 9.63. The second-order valence-electron chi connectivity index (χ2n) is 5.67. The molecule has 0 aliphatic carbocycles. The van der Waals surface area contributed by atoms with E-state index in [0.29, 0.717) is 6.04 Å². The molecule has 1 aliphatic rings. The van der Waals surface area contributed by atoms with Crippen LogP contribution in [0.4, 0.5) is 0 Å². The molecule has 2 rings (SSSR count). The van der Waals surface area contributed by atoms with Gasteiger partial charge in [0.25, 0.3) is 5.91 Å². The van der Waals surface area contributed by atoms with Gasteiger partial charge in [-0.25, -0.2) is 0 Å². The molecule has 1 fully saturated rings. The highest BCUT2D eigenvalue weighted by molar-refractivity contribution is 5.95. The van der Waals surface area contributed by atoms with Gasteiger partial charge in [0.2, 0.25) is 0 Å². The third-order valence-corrected chi connectivity index (χ3v) is 4.10. The molecule has 0 spiro atoms. The number of piperidine rings is 1. The minimum absolute atomic E-state index is 0.116. The van der Waals surface area contributed by atoms with E-state index >= 15 is 0 Å². The highest BCUT2D eigenvalue weighted by Gasteiger charge is 2.23. The zero-order chi connectivity index (χ0) is 14.5. The first-order valence-corrected chi connectivity index (χ1v) is 7.64. The van der Waals surface area contributed by atoms with Crippen molar-refractivity contribution in [1.29, 1.82) is 0 Å². The summed E-state index contributed by atoms with van der Waals surface area (Å²) in [7, 11) is 1.87. The highest BCUT2D eigenvalue weighted by atomic mass is 16.2.